The summed E-state index contributed by atoms with van der Waals surface area (Å²) in [4.78, 5) is 13.8. The molecule has 0 unspecified atom stereocenters. The van der Waals surface area contributed by atoms with Gasteiger partial charge < -0.3 is 4.90 Å². The first-order valence-electron chi connectivity index (χ1n) is 5.92. The average molecular weight is 350 g/mol. The molecule has 0 aliphatic rings. The molecule has 0 fully saturated rings. The molecule has 0 amide bonds. The molecule has 0 saturated heterocycles. The smallest absolute Gasteiger partial charge is 0.247 e. The number of hydrogen-bond donors (Lipinski definition) is 1. The van der Waals surface area contributed by atoms with Crippen molar-refractivity contribution in [1.29, 1.82) is 0 Å². The van der Waals surface area contributed by atoms with Crippen LogP contribution in [-0.2, 0) is 0 Å². The van der Waals surface area contributed by atoms with Gasteiger partial charge in [-0.1, -0.05) is 55.4 Å². The first-order valence-corrected chi connectivity index (χ1v) is 7.97. The van der Waals surface area contributed by atoms with Crippen molar-refractivity contribution in [3.8, 4) is 0 Å². The molecule has 0 saturated carbocycles. The normalized spacial score (nSPS) is 9.89. The second-order valence-corrected chi connectivity index (χ2v) is 6.12. The van der Waals surface area contributed by atoms with E-state index in [0.29, 0.717) is 0 Å². The van der Waals surface area contributed by atoms with Crippen LogP contribution in [0.3, 0.4) is 0 Å². The third-order valence-electron chi connectivity index (χ3n) is 2.34. The SMILES string of the molecule is CCN(CC)CC.O=C(S)Sc1cccc(Br)c1. The molecule has 0 aromatic heterocycles. The molecule has 1 rings (SSSR count). The van der Waals surface area contributed by atoms with Gasteiger partial charge in [-0.3, -0.25) is 4.79 Å². The number of nitrogens with zero attached hydrogens (tertiary/aromatic N) is 1. The van der Waals surface area contributed by atoms with Gasteiger partial charge in [0.1, 0.15) is 0 Å². The van der Waals surface area contributed by atoms with Crippen LogP contribution in [0.5, 0.6) is 0 Å². The minimum atomic E-state index is -0.192. The lowest BCUT2D eigenvalue weighted by Gasteiger charge is -2.13. The molecular formula is C13H20BrNOS2. The zero-order valence-electron chi connectivity index (χ0n) is 11.0. The van der Waals surface area contributed by atoms with Crippen LogP contribution in [0, 0.1) is 0 Å². The molecule has 0 aliphatic carbocycles. The van der Waals surface area contributed by atoms with Crippen molar-refractivity contribution < 1.29 is 4.79 Å². The Bertz CT molecular complexity index is 351. The Labute approximate surface area is 128 Å². The fraction of sp³-hybridized carbons (Fsp3) is 0.462. The molecule has 1 aromatic carbocycles. The van der Waals surface area contributed by atoms with E-state index in [1.165, 1.54) is 19.6 Å². The molecular weight excluding hydrogens is 330 g/mol. The molecule has 0 N–H and O–H groups in total. The third-order valence-corrected chi connectivity index (χ3v) is 3.77. The van der Waals surface area contributed by atoms with E-state index in [9.17, 15) is 4.79 Å². The van der Waals surface area contributed by atoms with E-state index in [-0.39, 0.29) is 4.45 Å². The number of benzene rings is 1. The van der Waals surface area contributed by atoms with E-state index >= 15 is 0 Å². The Hall–Kier alpha value is 0.0300. The van der Waals surface area contributed by atoms with Gasteiger partial charge in [-0.05, 0) is 49.6 Å². The maximum atomic E-state index is 10.5. The largest absolute Gasteiger partial charge is 0.304 e. The first kappa shape index (κ1) is 18.0. The molecule has 18 heavy (non-hydrogen) atoms. The van der Waals surface area contributed by atoms with Gasteiger partial charge in [0.05, 0.1) is 0 Å². The fourth-order valence-corrected chi connectivity index (χ4v) is 2.70. The Kier molecular flexibility index (Phi) is 10.9. The highest BCUT2D eigenvalue weighted by Gasteiger charge is 1.98. The van der Waals surface area contributed by atoms with Crippen LogP contribution in [0.25, 0.3) is 0 Å². The van der Waals surface area contributed by atoms with Gasteiger partial charge in [-0.2, -0.15) is 0 Å². The minimum absolute atomic E-state index is 0.192. The molecule has 5 heteroatoms. The van der Waals surface area contributed by atoms with Crippen LogP contribution >= 0.6 is 40.3 Å². The predicted octanol–water partition coefficient (Wildman–Crippen LogP) is 4.94. The monoisotopic (exact) mass is 349 g/mol. The van der Waals surface area contributed by atoms with Crippen LogP contribution in [0.15, 0.2) is 33.6 Å². The number of halogens is 1. The van der Waals surface area contributed by atoms with Gasteiger partial charge in [0, 0.05) is 9.37 Å². The van der Waals surface area contributed by atoms with Gasteiger partial charge in [-0.15, -0.1) is 0 Å². The number of hydrogen-bond acceptors (Lipinski definition) is 3. The summed E-state index contributed by atoms with van der Waals surface area (Å²) < 4.78 is 0.778. The van der Waals surface area contributed by atoms with Crippen molar-refractivity contribution in [2.75, 3.05) is 19.6 Å². The topological polar surface area (TPSA) is 20.3 Å². The van der Waals surface area contributed by atoms with Crippen LogP contribution in [0.1, 0.15) is 20.8 Å². The van der Waals surface area contributed by atoms with Gasteiger partial charge in [0.15, 0.2) is 0 Å². The number of thioether (sulfide) groups is 1. The predicted molar refractivity (Wildman–Crippen MR) is 87.8 cm³/mol. The molecule has 0 bridgehead atoms. The van der Waals surface area contributed by atoms with E-state index in [4.69, 9.17) is 0 Å². The van der Waals surface area contributed by atoms with E-state index in [2.05, 4.69) is 54.2 Å². The molecule has 1 aromatic rings. The van der Waals surface area contributed by atoms with Crippen LogP contribution in [0.4, 0.5) is 4.79 Å². The zero-order chi connectivity index (χ0) is 14.0. The number of carbonyl (C=O) groups is 1. The number of carbonyl (C=O) groups excluding carboxylic acids is 1. The Morgan fingerprint density at radius 1 is 1.28 bits per heavy atom. The van der Waals surface area contributed by atoms with Gasteiger partial charge in [-0.25, -0.2) is 0 Å². The zero-order valence-corrected chi connectivity index (χ0v) is 14.3. The summed E-state index contributed by atoms with van der Waals surface area (Å²) in [6, 6.07) is 7.53. The first-order chi connectivity index (χ1) is 8.53. The van der Waals surface area contributed by atoms with Gasteiger partial charge >= 0.3 is 0 Å². The highest BCUT2D eigenvalue weighted by molar-refractivity contribution is 9.10. The fourth-order valence-electron chi connectivity index (χ4n) is 1.30. The second kappa shape index (κ2) is 10.9. The van der Waals surface area contributed by atoms with Gasteiger partial charge in [0.25, 0.3) is 0 Å². The van der Waals surface area contributed by atoms with Crippen molar-refractivity contribution in [2.24, 2.45) is 0 Å². The van der Waals surface area contributed by atoms with E-state index in [1.54, 1.807) is 0 Å². The highest BCUT2D eigenvalue weighted by Crippen LogP contribution is 2.23. The molecule has 0 aliphatic heterocycles. The molecule has 2 nitrogen and oxygen atoms in total. The maximum Gasteiger partial charge on any atom is 0.247 e. The summed E-state index contributed by atoms with van der Waals surface area (Å²) in [5.74, 6) is 0. The van der Waals surface area contributed by atoms with Crippen molar-refractivity contribution in [1.82, 2.24) is 4.90 Å². The Morgan fingerprint density at radius 2 is 1.83 bits per heavy atom. The minimum Gasteiger partial charge on any atom is -0.304 e. The lowest BCUT2D eigenvalue weighted by molar-refractivity contribution is 0.277. The quantitative estimate of drug-likeness (QED) is 0.614. The second-order valence-electron chi connectivity index (χ2n) is 3.44. The van der Waals surface area contributed by atoms with Crippen molar-refractivity contribution >= 4 is 44.8 Å². The van der Waals surface area contributed by atoms with E-state index < -0.39 is 0 Å². The number of thiol groups is 1. The maximum absolute atomic E-state index is 10.5. The van der Waals surface area contributed by atoms with Crippen LogP contribution in [0.2, 0.25) is 0 Å². The summed E-state index contributed by atoms with van der Waals surface area (Å²) in [7, 11) is 0. The summed E-state index contributed by atoms with van der Waals surface area (Å²) in [6.07, 6.45) is 0. The number of rotatable bonds is 4. The van der Waals surface area contributed by atoms with Crippen LogP contribution < -0.4 is 0 Å². The molecule has 0 radical (unpaired) electrons. The molecule has 0 heterocycles. The van der Waals surface area contributed by atoms with Crippen molar-refractivity contribution in [2.45, 2.75) is 25.7 Å². The summed E-state index contributed by atoms with van der Waals surface area (Å²) in [5.41, 5.74) is 0. The average Bonchev–Trinajstić information content (AvgIpc) is 2.31. The lowest BCUT2D eigenvalue weighted by Crippen LogP contribution is -2.21. The van der Waals surface area contributed by atoms with Crippen LogP contribution in [-0.4, -0.2) is 29.0 Å². The highest BCUT2D eigenvalue weighted by atomic mass is 79.9. The van der Waals surface area contributed by atoms with Crippen molar-refractivity contribution in [3.05, 3.63) is 28.7 Å². The standard InChI is InChI=1S/C7H5BrOS2.C6H15N/c8-5-2-1-3-6(4-5)11-7(9)10;1-4-7(5-2)6-3/h1-4H,(H,9,10);4-6H2,1-3H3. The Balaban J connectivity index is 0.000000360. The summed E-state index contributed by atoms with van der Waals surface area (Å²) in [6.45, 7) is 10.1. The third kappa shape index (κ3) is 9.03. The Morgan fingerprint density at radius 3 is 2.17 bits per heavy atom. The summed E-state index contributed by atoms with van der Waals surface area (Å²) >= 11 is 8.06. The molecule has 102 valence electrons. The molecule has 0 spiro atoms. The van der Waals surface area contributed by atoms with Crippen molar-refractivity contribution in [3.63, 3.8) is 0 Å². The summed E-state index contributed by atoms with van der Waals surface area (Å²) in [5, 5.41) is 0. The van der Waals surface area contributed by atoms with E-state index in [0.717, 1.165) is 21.1 Å². The molecule has 0 atom stereocenters. The lowest BCUT2D eigenvalue weighted by atomic mass is 10.4. The van der Waals surface area contributed by atoms with Gasteiger partial charge in [0.2, 0.25) is 4.45 Å². The van der Waals surface area contributed by atoms with E-state index in [1.807, 2.05) is 24.3 Å².